The van der Waals surface area contributed by atoms with Gasteiger partial charge in [-0.1, -0.05) is 30.8 Å². The number of benzene rings is 2. The SMILES string of the molecule is CCCN1C(=O)[C@@H](Cc2ccc(OC)c(C)c2)SC1=Nc1ccc(OCC)cc1. The third-order valence-electron chi connectivity index (χ3n) is 4.72. The van der Waals surface area contributed by atoms with E-state index in [0.717, 1.165) is 39.9 Å². The fourth-order valence-electron chi connectivity index (χ4n) is 3.33. The molecule has 2 aromatic carbocycles. The molecule has 3 rings (SSSR count). The van der Waals surface area contributed by atoms with Crippen LogP contribution >= 0.6 is 11.8 Å². The summed E-state index contributed by atoms with van der Waals surface area (Å²) in [5.41, 5.74) is 3.04. The second-order valence-corrected chi connectivity index (χ2v) is 8.10. The van der Waals surface area contributed by atoms with E-state index < -0.39 is 0 Å². The largest absolute Gasteiger partial charge is 0.496 e. The Hall–Kier alpha value is -2.47. The van der Waals surface area contributed by atoms with Crippen LogP contribution in [0.15, 0.2) is 47.5 Å². The molecule has 0 aromatic heterocycles. The number of amidine groups is 1. The van der Waals surface area contributed by atoms with Crippen LogP contribution in [-0.4, -0.2) is 41.5 Å². The second-order valence-electron chi connectivity index (χ2n) is 6.93. The number of hydrogen-bond acceptors (Lipinski definition) is 5. The number of aliphatic imine (C=N–C) groups is 1. The fraction of sp³-hybridized carbons (Fsp3) is 0.391. The molecule has 1 aliphatic rings. The van der Waals surface area contributed by atoms with Gasteiger partial charge in [-0.2, -0.15) is 0 Å². The number of ether oxygens (including phenoxy) is 2. The number of aryl methyl sites for hydroxylation is 1. The van der Waals surface area contributed by atoms with Gasteiger partial charge in [0.1, 0.15) is 11.5 Å². The van der Waals surface area contributed by atoms with Gasteiger partial charge in [-0.3, -0.25) is 9.69 Å². The molecule has 1 atom stereocenters. The minimum atomic E-state index is -0.157. The third-order valence-corrected chi connectivity index (χ3v) is 5.90. The van der Waals surface area contributed by atoms with Gasteiger partial charge in [0.2, 0.25) is 5.91 Å². The number of amides is 1. The Kier molecular flexibility index (Phi) is 7.20. The van der Waals surface area contributed by atoms with E-state index >= 15 is 0 Å². The zero-order valence-corrected chi connectivity index (χ0v) is 18.3. The highest BCUT2D eigenvalue weighted by atomic mass is 32.2. The van der Waals surface area contributed by atoms with E-state index in [2.05, 4.69) is 13.0 Å². The van der Waals surface area contributed by atoms with E-state index in [-0.39, 0.29) is 11.2 Å². The fourth-order valence-corrected chi connectivity index (χ4v) is 4.55. The highest BCUT2D eigenvalue weighted by Crippen LogP contribution is 2.33. The molecule has 154 valence electrons. The number of methoxy groups -OCH3 is 1. The summed E-state index contributed by atoms with van der Waals surface area (Å²) in [6, 6.07) is 13.8. The van der Waals surface area contributed by atoms with Crippen molar-refractivity contribution >= 4 is 28.5 Å². The summed E-state index contributed by atoms with van der Waals surface area (Å²) in [7, 11) is 1.67. The van der Waals surface area contributed by atoms with Crippen molar-refractivity contribution in [3.63, 3.8) is 0 Å². The number of hydrogen-bond donors (Lipinski definition) is 0. The quantitative estimate of drug-likeness (QED) is 0.613. The molecule has 0 bridgehead atoms. The zero-order chi connectivity index (χ0) is 20.8. The van der Waals surface area contributed by atoms with Crippen molar-refractivity contribution in [2.24, 2.45) is 4.99 Å². The Morgan fingerprint density at radius 3 is 2.52 bits per heavy atom. The third kappa shape index (κ3) is 5.12. The van der Waals surface area contributed by atoms with Crippen molar-refractivity contribution in [2.75, 3.05) is 20.3 Å². The molecule has 5 nitrogen and oxygen atoms in total. The molecule has 0 unspecified atom stereocenters. The first-order valence-electron chi connectivity index (χ1n) is 9.98. The van der Waals surface area contributed by atoms with Crippen molar-refractivity contribution in [2.45, 2.75) is 38.9 Å². The molecule has 1 heterocycles. The lowest BCUT2D eigenvalue weighted by atomic mass is 10.1. The molecule has 1 amide bonds. The van der Waals surface area contributed by atoms with E-state index in [1.807, 2.05) is 55.1 Å². The highest BCUT2D eigenvalue weighted by Gasteiger charge is 2.37. The monoisotopic (exact) mass is 412 g/mol. The minimum absolute atomic E-state index is 0.134. The lowest BCUT2D eigenvalue weighted by Gasteiger charge is -2.15. The van der Waals surface area contributed by atoms with Crippen molar-refractivity contribution < 1.29 is 14.3 Å². The standard InChI is InChI=1S/C23H28N2O3S/c1-5-13-25-22(26)21(15-17-7-12-20(27-4)16(3)14-17)29-23(25)24-18-8-10-19(11-9-18)28-6-2/h7-12,14,21H,5-6,13,15H2,1-4H3/t21-/m1/s1. The summed E-state index contributed by atoms with van der Waals surface area (Å²) in [6.45, 7) is 7.37. The van der Waals surface area contributed by atoms with Gasteiger partial charge in [-0.25, -0.2) is 4.99 Å². The van der Waals surface area contributed by atoms with Gasteiger partial charge in [-0.05, 0) is 68.1 Å². The Morgan fingerprint density at radius 2 is 1.90 bits per heavy atom. The number of carbonyl (C=O) groups is 1. The van der Waals surface area contributed by atoms with Gasteiger partial charge in [-0.15, -0.1) is 0 Å². The molecule has 1 saturated heterocycles. The van der Waals surface area contributed by atoms with Crippen LogP contribution in [0, 0.1) is 6.92 Å². The first-order valence-corrected chi connectivity index (χ1v) is 10.9. The molecule has 0 radical (unpaired) electrons. The Morgan fingerprint density at radius 1 is 1.14 bits per heavy atom. The smallest absolute Gasteiger partial charge is 0.242 e. The van der Waals surface area contributed by atoms with Crippen LogP contribution in [-0.2, 0) is 11.2 Å². The normalized spacial score (nSPS) is 17.8. The van der Waals surface area contributed by atoms with E-state index in [1.165, 1.54) is 0 Å². The van der Waals surface area contributed by atoms with E-state index in [0.29, 0.717) is 19.6 Å². The van der Waals surface area contributed by atoms with Crippen molar-refractivity contribution in [3.05, 3.63) is 53.6 Å². The van der Waals surface area contributed by atoms with Crippen LogP contribution in [0.4, 0.5) is 5.69 Å². The van der Waals surface area contributed by atoms with Crippen LogP contribution in [0.25, 0.3) is 0 Å². The molecule has 0 N–H and O–H groups in total. The van der Waals surface area contributed by atoms with Gasteiger partial charge in [0.15, 0.2) is 5.17 Å². The zero-order valence-electron chi connectivity index (χ0n) is 17.5. The molecule has 0 aliphatic carbocycles. The molecule has 0 spiro atoms. The lowest BCUT2D eigenvalue weighted by molar-refractivity contribution is -0.126. The van der Waals surface area contributed by atoms with E-state index in [9.17, 15) is 4.79 Å². The van der Waals surface area contributed by atoms with Crippen LogP contribution < -0.4 is 9.47 Å². The molecule has 1 aliphatic heterocycles. The predicted octanol–water partition coefficient (Wildman–Crippen LogP) is 4.99. The number of rotatable bonds is 8. The second kappa shape index (κ2) is 9.83. The number of nitrogens with zero attached hydrogens (tertiary/aromatic N) is 2. The number of carbonyl (C=O) groups excluding carboxylic acids is 1. The molecule has 2 aromatic rings. The highest BCUT2D eigenvalue weighted by molar-refractivity contribution is 8.15. The topological polar surface area (TPSA) is 51.1 Å². The van der Waals surface area contributed by atoms with Crippen LogP contribution in [0.5, 0.6) is 11.5 Å². The number of thioether (sulfide) groups is 1. The Bertz CT molecular complexity index is 880. The van der Waals surface area contributed by atoms with E-state index in [4.69, 9.17) is 14.5 Å². The lowest BCUT2D eigenvalue weighted by Crippen LogP contribution is -2.33. The molecule has 29 heavy (non-hydrogen) atoms. The predicted molar refractivity (Wildman–Crippen MR) is 120 cm³/mol. The van der Waals surface area contributed by atoms with Gasteiger partial charge in [0.25, 0.3) is 0 Å². The average Bonchev–Trinajstić information content (AvgIpc) is 2.99. The van der Waals surface area contributed by atoms with Crippen molar-refractivity contribution in [3.8, 4) is 11.5 Å². The summed E-state index contributed by atoms with van der Waals surface area (Å²) in [6.07, 6.45) is 1.57. The van der Waals surface area contributed by atoms with Gasteiger partial charge in [0, 0.05) is 6.54 Å². The first-order chi connectivity index (χ1) is 14.0. The molecular formula is C23H28N2O3S. The van der Waals surface area contributed by atoms with Gasteiger partial charge < -0.3 is 9.47 Å². The van der Waals surface area contributed by atoms with Crippen molar-refractivity contribution in [1.29, 1.82) is 0 Å². The van der Waals surface area contributed by atoms with Crippen LogP contribution in [0.3, 0.4) is 0 Å². The van der Waals surface area contributed by atoms with Gasteiger partial charge >= 0.3 is 0 Å². The summed E-state index contributed by atoms with van der Waals surface area (Å²) in [5, 5.41) is 0.618. The average molecular weight is 413 g/mol. The minimum Gasteiger partial charge on any atom is -0.496 e. The maximum Gasteiger partial charge on any atom is 0.242 e. The van der Waals surface area contributed by atoms with Gasteiger partial charge in [0.05, 0.1) is 24.7 Å². The summed E-state index contributed by atoms with van der Waals surface area (Å²) >= 11 is 1.55. The van der Waals surface area contributed by atoms with Crippen LogP contribution in [0.2, 0.25) is 0 Å². The van der Waals surface area contributed by atoms with Crippen LogP contribution in [0.1, 0.15) is 31.4 Å². The summed E-state index contributed by atoms with van der Waals surface area (Å²) in [4.78, 5) is 19.6. The Balaban J connectivity index is 1.79. The maximum atomic E-state index is 13.0. The molecule has 6 heteroatoms. The maximum absolute atomic E-state index is 13.0. The molecular weight excluding hydrogens is 384 g/mol. The molecule has 1 fully saturated rings. The molecule has 0 saturated carbocycles. The summed E-state index contributed by atoms with van der Waals surface area (Å²) < 4.78 is 10.8. The van der Waals surface area contributed by atoms with Crippen molar-refractivity contribution in [1.82, 2.24) is 4.90 Å². The summed E-state index contributed by atoms with van der Waals surface area (Å²) in [5.74, 6) is 1.82. The Labute approximate surface area is 177 Å². The van der Waals surface area contributed by atoms with E-state index in [1.54, 1.807) is 18.9 Å². The first kappa shape index (κ1) is 21.2.